The lowest BCUT2D eigenvalue weighted by molar-refractivity contribution is 0.0858. The molecule has 1 N–H and O–H groups in total. The van der Waals surface area contributed by atoms with Gasteiger partial charge in [0.1, 0.15) is 5.69 Å². The van der Waals surface area contributed by atoms with E-state index in [0.717, 1.165) is 30.7 Å². The summed E-state index contributed by atoms with van der Waals surface area (Å²) < 4.78 is 7.37. The summed E-state index contributed by atoms with van der Waals surface area (Å²) in [6.45, 7) is 3.36. The molecule has 1 amide bonds. The Bertz CT molecular complexity index is 910. The highest BCUT2D eigenvalue weighted by Gasteiger charge is 2.21. The van der Waals surface area contributed by atoms with E-state index in [1.54, 1.807) is 10.9 Å². The Morgan fingerprint density at radius 2 is 1.96 bits per heavy atom. The van der Waals surface area contributed by atoms with E-state index in [9.17, 15) is 4.79 Å². The predicted octanol–water partition coefficient (Wildman–Crippen LogP) is 3.76. The van der Waals surface area contributed by atoms with E-state index in [0.29, 0.717) is 17.8 Å². The second-order valence-electron chi connectivity index (χ2n) is 6.88. The maximum absolute atomic E-state index is 12.9. The number of ether oxygens (including phenoxy) is 1. The summed E-state index contributed by atoms with van der Waals surface area (Å²) in [7, 11) is 0. The van der Waals surface area contributed by atoms with Gasteiger partial charge in [0, 0.05) is 24.9 Å². The average molecular weight is 361 g/mol. The predicted molar refractivity (Wildman–Crippen MR) is 105 cm³/mol. The van der Waals surface area contributed by atoms with Crippen LogP contribution in [-0.4, -0.2) is 34.9 Å². The van der Waals surface area contributed by atoms with Gasteiger partial charge in [0.2, 0.25) is 0 Å². The van der Waals surface area contributed by atoms with E-state index >= 15 is 0 Å². The topological polar surface area (TPSA) is 56.2 Å². The van der Waals surface area contributed by atoms with Crippen LogP contribution in [-0.2, 0) is 4.74 Å². The highest BCUT2D eigenvalue weighted by molar-refractivity contribution is 5.99. The highest BCUT2D eigenvalue weighted by Crippen LogP contribution is 2.24. The standard InChI is InChI=1S/C22H23N3O2/c1-16-9-11-18(12-10-16)25-15-20(21(24-25)17-6-3-2-4-7-17)22(26)23-14-19-8-5-13-27-19/h2-4,6-7,9-12,15,19H,5,8,13-14H2,1H3,(H,23,26). The third kappa shape index (κ3) is 3.93. The first-order valence-corrected chi connectivity index (χ1v) is 9.32. The molecule has 1 unspecified atom stereocenters. The molecule has 3 aromatic rings. The minimum Gasteiger partial charge on any atom is -0.376 e. The number of benzene rings is 2. The largest absolute Gasteiger partial charge is 0.376 e. The molecule has 2 heterocycles. The number of rotatable bonds is 5. The van der Waals surface area contributed by atoms with Crippen molar-refractivity contribution < 1.29 is 9.53 Å². The molecule has 4 rings (SSSR count). The molecule has 5 nitrogen and oxygen atoms in total. The van der Waals surface area contributed by atoms with Crippen molar-refractivity contribution in [1.29, 1.82) is 0 Å². The molecule has 2 aromatic carbocycles. The fourth-order valence-corrected chi connectivity index (χ4v) is 3.29. The Morgan fingerprint density at radius 3 is 2.67 bits per heavy atom. The van der Waals surface area contributed by atoms with E-state index in [2.05, 4.69) is 5.32 Å². The van der Waals surface area contributed by atoms with Gasteiger partial charge >= 0.3 is 0 Å². The van der Waals surface area contributed by atoms with Crippen molar-refractivity contribution in [2.45, 2.75) is 25.9 Å². The van der Waals surface area contributed by atoms with Crippen LogP contribution in [0.1, 0.15) is 28.8 Å². The number of nitrogens with one attached hydrogen (secondary N) is 1. The molecule has 27 heavy (non-hydrogen) atoms. The monoisotopic (exact) mass is 361 g/mol. The van der Waals surface area contributed by atoms with Crippen LogP contribution in [0.25, 0.3) is 16.9 Å². The van der Waals surface area contributed by atoms with E-state index in [4.69, 9.17) is 9.84 Å². The van der Waals surface area contributed by atoms with Crippen LogP contribution in [0.3, 0.4) is 0 Å². The van der Waals surface area contributed by atoms with Gasteiger partial charge in [-0.05, 0) is 31.9 Å². The van der Waals surface area contributed by atoms with E-state index in [1.165, 1.54) is 5.56 Å². The number of amides is 1. The van der Waals surface area contributed by atoms with Crippen LogP contribution in [0.4, 0.5) is 0 Å². The zero-order valence-corrected chi connectivity index (χ0v) is 15.4. The molecular weight excluding hydrogens is 338 g/mol. The van der Waals surface area contributed by atoms with Gasteiger partial charge in [-0.2, -0.15) is 5.10 Å². The van der Waals surface area contributed by atoms with Crippen LogP contribution >= 0.6 is 0 Å². The average Bonchev–Trinajstić information content (AvgIpc) is 3.37. The first kappa shape index (κ1) is 17.5. The van der Waals surface area contributed by atoms with Crippen molar-refractivity contribution in [2.75, 3.05) is 13.2 Å². The minimum atomic E-state index is -0.122. The Labute approximate surface area is 159 Å². The first-order chi connectivity index (χ1) is 13.2. The molecule has 1 fully saturated rings. The summed E-state index contributed by atoms with van der Waals surface area (Å²) in [5.41, 5.74) is 4.28. The number of hydrogen-bond acceptors (Lipinski definition) is 3. The molecule has 1 saturated heterocycles. The zero-order valence-electron chi connectivity index (χ0n) is 15.4. The van der Waals surface area contributed by atoms with Gasteiger partial charge in [0.05, 0.1) is 17.4 Å². The molecule has 0 saturated carbocycles. The van der Waals surface area contributed by atoms with Crippen LogP contribution in [0, 0.1) is 6.92 Å². The first-order valence-electron chi connectivity index (χ1n) is 9.32. The van der Waals surface area contributed by atoms with Gasteiger partial charge in [-0.1, -0.05) is 48.0 Å². The van der Waals surface area contributed by atoms with Gasteiger partial charge in [0.15, 0.2) is 0 Å². The van der Waals surface area contributed by atoms with E-state index in [-0.39, 0.29) is 12.0 Å². The third-order valence-electron chi connectivity index (χ3n) is 4.82. The van der Waals surface area contributed by atoms with Crippen molar-refractivity contribution in [3.8, 4) is 16.9 Å². The van der Waals surface area contributed by atoms with Crippen molar-refractivity contribution in [2.24, 2.45) is 0 Å². The molecular formula is C22H23N3O2. The fourth-order valence-electron chi connectivity index (χ4n) is 3.29. The Balaban J connectivity index is 1.65. The highest BCUT2D eigenvalue weighted by atomic mass is 16.5. The van der Waals surface area contributed by atoms with Crippen molar-refractivity contribution in [3.05, 3.63) is 71.9 Å². The summed E-state index contributed by atoms with van der Waals surface area (Å²) in [6, 6.07) is 17.9. The molecule has 0 aliphatic carbocycles. The zero-order chi connectivity index (χ0) is 18.6. The lowest BCUT2D eigenvalue weighted by atomic mass is 10.1. The maximum atomic E-state index is 12.9. The maximum Gasteiger partial charge on any atom is 0.255 e. The molecule has 1 aliphatic heterocycles. The summed E-state index contributed by atoms with van der Waals surface area (Å²) in [4.78, 5) is 12.9. The normalized spacial score (nSPS) is 16.4. The smallest absolute Gasteiger partial charge is 0.255 e. The number of aryl methyl sites for hydroxylation is 1. The van der Waals surface area contributed by atoms with E-state index < -0.39 is 0 Å². The Hall–Kier alpha value is -2.92. The summed E-state index contributed by atoms with van der Waals surface area (Å²) in [5, 5.41) is 7.71. The van der Waals surface area contributed by atoms with Gasteiger partial charge < -0.3 is 10.1 Å². The molecule has 1 aromatic heterocycles. The summed E-state index contributed by atoms with van der Waals surface area (Å²) in [5.74, 6) is -0.122. The molecule has 5 heteroatoms. The minimum absolute atomic E-state index is 0.112. The molecule has 0 radical (unpaired) electrons. The summed E-state index contributed by atoms with van der Waals surface area (Å²) >= 11 is 0. The van der Waals surface area contributed by atoms with Crippen molar-refractivity contribution in [1.82, 2.24) is 15.1 Å². The van der Waals surface area contributed by atoms with Crippen LogP contribution in [0.15, 0.2) is 60.8 Å². The Kier molecular flexibility index (Phi) is 5.03. The van der Waals surface area contributed by atoms with Crippen LogP contribution < -0.4 is 5.32 Å². The SMILES string of the molecule is Cc1ccc(-n2cc(C(=O)NCC3CCCO3)c(-c3ccccc3)n2)cc1. The Morgan fingerprint density at radius 1 is 1.19 bits per heavy atom. The van der Waals surface area contributed by atoms with Gasteiger partial charge in [-0.25, -0.2) is 4.68 Å². The second-order valence-corrected chi connectivity index (χ2v) is 6.88. The second kappa shape index (κ2) is 7.76. The lowest BCUT2D eigenvalue weighted by Crippen LogP contribution is -2.31. The fraction of sp³-hybridized carbons (Fsp3) is 0.273. The quantitative estimate of drug-likeness (QED) is 0.753. The molecule has 138 valence electrons. The molecule has 1 aliphatic rings. The molecule has 1 atom stereocenters. The third-order valence-corrected chi connectivity index (χ3v) is 4.82. The number of carbonyl (C=O) groups excluding carboxylic acids is 1. The van der Waals surface area contributed by atoms with Crippen molar-refractivity contribution >= 4 is 5.91 Å². The summed E-state index contributed by atoms with van der Waals surface area (Å²) in [6.07, 6.45) is 3.97. The van der Waals surface area contributed by atoms with Crippen molar-refractivity contribution in [3.63, 3.8) is 0 Å². The van der Waals surface area contributed by atoms with Crippen LogP contribution in [0.5, 0.6) is 0 Å². The number of nitrogens with zero attached hydrogens (tertiary/aromatic N) is 2. The van der Waals surface area contributed by atoms with Gasteiger partial charge in [-0.3, -0.25) is 4.79 Å². The van der Waals surface area contributed by atoms with E-state index in [1.807, 2.05) is 61.5 Å². The molecule has 0 bridgehead atoms. The van der Waals surface area contributed by atoms with Crippen LogP contribution in [0.2, 0.25) is 0 Å². The van der Waals surface area contributed by atoms with Gasteiger partial charge in [0.25, 0.3) is 5.91 Å². The van der Waals surface area contributed by atoms with Gasteiger partial charge in [-0.15, -0.1) is 0 Å². The molecule has 0 spiro atoms. The lowest BCUT2D eigenvalue weighted by Gasteiger charge is -2.10. The number of hydrogen-bond donors (Lipinski definition) is 1. The number of aromatic nitrogens is 2. The number of carbonyl (C=O) groups is 1.